The Labute approximate surface area is 160 Å². The summed E-state index contributed by atoms with van der Waals surface area (Å²) in [6.45, 7) is 1.82. The number of anilines is 1. The molecule has 146 valence electrons. The lowest BCUT2D eigenvalue weighted by Crippen LogP contribution is -2.39. The van der Waals surface area contributed by atoms with E-state index in [9.17, 15) is 13.5 Å². The fourth-order valence-electron chi connectivity index (χ4n) is 2.63. The number of rotatable bonds is 9. The second-order valence-electron chi connectivity index (χ2n) is 6.40. The molecule has 2 rings (SSSR count). The second-order valence-corrected chi connectivity index (χ2v) is 8.76. The van der Waals surface area contributed by atoms with E-state index in [2.05, 4.69) is 5.32 Å². The summed E-state index contributed by atoms with van der Waals surface area (Å²) in [5.74, 6) is -0.0130. The Balaban J connectivity index is 1.92. The Morgan fingerprint density at radius 1 is 1.19 bits per heavy atom. The molecule has 5 N–H and O–H groups in total. The van der Waals surface area contributed by atoms with Gasteiger partial charge in [-0.05, 0) is 36.8 Å². The average Bonchev–Trinajstić information content (AvgIpc) is 2.66. The van der Waals surface area contributed by atoms with E-state index < -0.39 is 21.4 Å². The van der Waals surface area contributed by atoms with E-state index in [-0.39, 0.29) is 18.9 Å². The minimum absolute atomic E-state index is 0.0130. The molecule has 0 aliphatic rings. The van der Waals surface area contributed by atoms with Crippen LogP contribution in [0.25, 0.3) is 0 Å². The van der Waals surface area contributed by atoms with Crippen LogP contribution in [0.2, 0.25) is 0 Å². The van der Waals surface area contributed by atoms with Crippen molar-refractivity contribution in [1.82, 2.24) is 4.31 Å². The lowest BCUT2D eigenvalue weighted by molar-refractivity contribution is 0.164. The van der Waals surface area contributed by atoms with Gasteiger partial charge >= 0.3 is 0 Å². The maximum Gasteiger partial charge on any atom is 0.220 e. The SMILES string of the molecule is CC(c1ccccc1)S(=O)(=O)N(C)CC(O)CNc1ccc(C(=N)N)cc1. The molecule has 27 heavy (non-hydrogen) atoms. The minimum atomic E-state index is -3.58. The lowest BCUT2D eigenvalue weighted by Gasteiger charge is -2.24. The van der Waals surface area contributed by atoms with Crippen molar-refractivity contribution in [3.05, 3.63) is 65.7 Å². The second kappa shape index (κ2) is 8.98. The van der Waals surface area contributed by atoms with Crippen molar-refractivity contribution < 1.29 is 13.5 Å². The molecule has 2 atom stereocenters. The van der Waals surface area contributed by atoms with Crippen LogP contribution in [0.15, 0.2) is 54.6 Å². The smallest absolute Gasteiger partial charge is 0.220 e. The van der Waals surface area contributed by atoms with Gasteiger partial charge in [0.1, 0.15) is 5.84 Å². The number of aliphatic hydroxyl groups is 1. The van der Waals surface area contributed by atoms with Crippen molar-refractivity contribution >= 4 is 21.5 Å². The van der Waals surface area contributed by atoms with Crippen molar-refractivity contribution in [2.45, 2.75) is 18.3 Å². The number of nitrogens with one attached hydrogen (secondary N) is 2. The number of nitrogens with zero attached hydrogens (tertiary/aromatic N) is 1. The van der Waals surface area contributed by atoms with Gasteiger partial charge in [-0.2, -0.15) is 0 Å². The van der Waals surface area contributed by atoms with Crippen LogP contribution in [-0.2, 0) is 10.0 Å². The van der Waals surface area contributed by atoms with Gasteiger partial charge in [-0.15, -0.1) is 0 Å². The van der Waals surface area contributed by atoms with Crippen LogP contribution in [-0.4, -0.2) is 49.9 Å². The predicted molar refractivity (Wildman–Crippen MR) is 108 cm³/mol. The zero-order valence-electron chi connectivity index (χ0n) is 15.5. The van der Waals surface area contributed by atoms with Crippen LogP contribution in [0.4, 0.5) is 5.69 Å². The van der Waals surface area contributed by atoms with E-state index in [1.165, 1.54) is 11.4 Å². The zero-order chi connectivity index (χ0) is 20.0. The number of benzene rings is 2. The highest BCUT2D eigenvalue weighted by molar-refractivity contribution is 7.89. The highest BCUT2D eigenvalue weighted by Crippen LogP contribution is 2.24. The summed E-state index contributed by atoms with van der Waals surface area (Å²) in [5.41, 5.74) is 7.48. The molecular weight excluding hydrogens is 364 g/mol. The molecule has 2 aromatic rings. The number of amidine groups is 1. The highest BCUT2D eigenvalue weighted by atomic mass is 32.2. The molecule has 0 amide bonds. The molecule has 0 aromatic heterocycles. The maximum atomic E-state index is 12.7. The van der Waals surface area contributed by atoms with E-state index in [1.807, 2.05) is 6.07 Å². The van der Waals surface area contributed by atoms with E-state index in [0.717, 1.165) is 5.69 Å². The minimum Gasteiger partial charge on any atom is -0.390 e. The summed E-state index contributed by atoms with van der Waals surface area (Å²) >= 11 is 0. The third-order valence-corrected chi connectivity index (χ3v) is 6.54. The third-order valence-electron chi connectivity index (χ3n) is 4.36. The van der Waals surface area contributed by atoms with E-state index in [1.54, 1.807) is 55.5 Å². The Bertz CT molecular complexity index is 854. The molecular formula is C19H26N4O3S. The molecule has 2 unspecified atom stereocenters. The number of hydrogen-bond acceptors (Lipinski definition) is 5. The fourth-order valence-corrected chi connectivity index (χ4v) is 4.06. The first-order valence-corrected chi connectivity index (χ1v) is 10.1. The Morgan fingerprint density at radius 3 is 2.33 bits per heavy atom. The number of sulfonamides is 1. The van der Waals surface area contributed by atoms with Gasteiger partial charge in [0.25, 0.3) is 0 Å². The van der Waals surface area contributed by atoms with Crippen LogP contribution in [0.1, 0.15) is 23.3 Å². The molecule has 0 spiro atoms. The average molecular weight is 391 g/mol. The van der Waals surface area contributed by atoms with Crippen molar-refractivity contribution in [2.75, 3.05) is 25.5 Å². The summed E-state index contributed by atoms with van der Waals surface area (Å²) in [6, 6.07) is 15.9. The third kappa shape index (κ3) is 5.53. The van der Waals surface area contributed by atoms with Gasteiger partial charge in [0, 0.05) is 31.4 Å². The zero-order valence-corrected chi connectivity index (χ0v) is 16.3. The van der Waals surface area contributed by atoms with Gasteiger partial charge in [-0.3, -0.25) is 5.41 Å². The van der Waals surface area contributed by atoms with Gasteiger partial charge in [-0.25, -0.2) is 12.7 Å². The molecule has 0 radical (unpaired) electrons. The highest BCUT2D eigenvalue weighted by Gasteiger charge is 2.28. The first kappa shape index (κ1) is 20.9. The predicted octanol–water partition coefficient (Wildman–Crippen LogP) is 1.77. The lowest BCUT2D eigenvalue weighted by atomic mass is 10.2. The number of nitrogen functional groups attached to an aromatic ring is 1. The largest absolute Gasteiger partial charge is 0.390 e. The summed E-state index contributed by atoms with van der Waals surface area (Å²) in [7, 11) is -2.11. The number of hydrogen-bond donors (Lipinski definition) is 4. The Kier molecular flexibility index (Phi) is 6.95. The molecule has 8 heteroatoms. The molecule has 7 nitrogen and oxygen atoms in total. The standard InChI is InChI=1S/C19H26N4O3S/c1-14(15-6-4-3-5-7-15)27(25,26)23(2)13-18(24)12-22-17-10-8-16(9-11-17)19(20)21/h3-11,14,18,22,24H,12-13H2,1-2H3,(H3,20,21). The monoisotopic (exact) mass is 390 g/mol. The number of aliphatic hydroxyl groups excluding tert-OH is 1. The summed E-state index contributed by atoms with van der Waals surface area (Å²) in [5, 5.41) is 19.9. The van der Waals surface area contributed by atoms with Crippen molar-refractivity contribution in [2.24, 2.45) is 5.73 Å². The fraction of sp³-hybridized carbons (Fsp3) is 0.316. The van der Waals surface area contributed by atoms with Gasteiger partial charge < -0.3 is 16.2 Å². The normalized spacial score (nSPS) is 13.9. The molecule has 2 aromatic carbocycles. The van der Waals surface area contributed by atoms with Crippen molar-refractivity contribution in [3.63, 3.8) is 0 Å². The first-order chi connectivity index (χ1) is 12.7. The van der Waals surface area contributed by atoms with Crippen molar-refractivity contribution in [3.8, 4) is 0 Å². The molecule has 0 aliphatic heterocycles. The van der Waals surface area contributed by atoms with Crippen molar-refractivity contribution in [1.29, 1.82) is 5.41 Å². The van der Waals surface area contributed by atoms with Crippen LogP contribution >= 0.6 is 0 Å². The summed E-state index contributed by atoms with van der Waals surface area (Å²) < 4.78 is 26.6. The van der Waals surface area contributed by atoms with Crippen LogP contribution in [0.3, 0.4) is 0 Å². The topological polar surface area (TPSA) is 120 Å². The number of nitrogens with two attached hydrogens (primary N) is 1. The van der Waals surface area contributed by atoms with E-state index in [0.29, 0.717) is 11.1 Å². The molecule has 0 aliphatic carbocycles. The van der Waals surface area contributed by atoms with Gasteiger partial charge in [0.2, 0.25) is 10.0 Å². The molecule has 0 saturated carbocycles. The Morgan fingerprint density at radius 2 is 1.78 bits per heavy atom. The summed E-state index contributed by atoms with van der Waals surface area (Å²) in [6.07, 6.45) is -0.875. The maximum absolute atomic E-state index is 12.7. The van der Waals surface area contributed by atoms with Gasteiger partial charge in [-0.1, -0.05) is 30.3 Å². The first-order valence-electron chi connectivity index (χ1n) is 8.58. The molecule has 0 bridgehead atoms. The molecule has 0 saturated heterocycles. The quantitative estimate of drug-likeness (QED) is 0.384. The molecule has 0 fully saturated rings. The van der Waals surface area contributed by atoms with Crippen LogP contribution < -0.4 is 11.1 Å². The van der Waals surface area contributed by atoms with Gasteiger partial charge in [0.15, 0.2) is 0 Å². The summed E-state index contributed by atoms with van der Waals surface area (Å²) in [4.78, 5) is 0. The molecule has 0 heterocycles. The van der Waals surface area contributed by atoms with E-state index >= 15 is 0 Å². The van der Waals surface area contributed by atoms with Crippen LogP contribution in [0.5, 0.6) is 0 Å². The number of likely N-dealkylation sites (N-methyl/N-ethyl adjacent to an activating group) is 1. The van der Waals surface area contributed by atoms with Gasteiger partial charge in [0.05, 0.1) is 11.4 Å². The van der Waals surface area contributed by atoms with E-state index in [4.69, 9.17) is 11.1 Å². The Hall–Kier alpha value is -2.42. The van der Waals surface area contributed by atoms with Crippen LogP contribution in [0, 0.1) is 5.41 Å².